The number of carbonyl (C=O) groups is 1. The van der Waals surface area contributed by atoms with Crippen LogP contribution in [0.15, 0.2) is 30.3 Å². The van der Waals surface area contributed by atoms with E-state index < -0.39 is 12.0 Å². The first-order valence-electron chi connectivity index (χ1n) is 7.11. The number of benzene rings is 1. The van der Waals surface area contributed by atoms with E-state index in [9.17, 15) is 9.90 Å². The van der Waals surface area contributed by atoms with Crippen molar-refractivity contribution in [3.8, 4) is 0 Å². The molecule has 0 radical (unpaired) electrons. The average molecular weight is 263 g/mol. The second-order valence-electron chi connectivity index (χ2n) is 5.19. The Morgan fingerprint density at radius 3 is 2.32 bits per heavy atom. The first-order valence-corrected chi connectivity index (χ1v) is 7.11. The molecule has 0 fully saturated rings. The third-order valence-electron chi connectivity index (χ3n) is 3.36. The number of carboxylic acid groups (broad SMARTS) is 1. The Labute approximate surface area is 116 Å². The van der Waals surface area contributed by atoms with Gasteiger partial charge in [-0.05, 0) is 32.4 Å². The van der Waals surface area contributed by atoms with Crippen molar-refractivity contribution >= 4 is 5.97 Å². The lowest BCUT2D eigenvalue weighted by molar-refractivity contribution is -0.144. The summed E-state index contributed by atoms with van der Waals surface area (Å²) in [5.41, 5.74) is 0.861. The second kappa shape index (κ2) is 7.95. The quantitative estimate of drug-likeness (QED) is 0.727. The minimum absolute atomic E-state index is 0.221. The molecule has 1 atom stereocenters. The Bertz CT molecular complexity index is 376. The summed E-state index contributed by atoms with van der Waals surface area (Å²) in [7, 11) is 0. The second-order valence-corrected chi connectivity index (χ2v) is 5.19. The van der Waals surface area contributed by atoms with Crippen molar-refractivity contribution in [2.75, 3.05) is 6.54 Å². The van der Waals surface area contributed by atoms with Crippen molar-refractivity contribution in [1.82, 2.24) is 4.90 Å². The van der Waals surface area contributed by atoms with Crippen molar-refractivity contribution in [2.24, 2.45) is 0 Å². The lowest BCUT2D eigenvalue weighted by Gasteiger charge is -2.32. The topological polar surface area (TPSA) is 40.5 Å². The first kappa shape index (κ1) is 15.7. The molecule has 0 aliphatic heterocycles. The molecular formula is C16H25NO2. The van der Waals surface area contributed by atoms with Gasteiger partial charge in [0.15, 0.2) is 0 Å². The molecule has 0 aliphatic rings. The summed E-state index contributed by atoms with van der Waals surface area (Å²) in [5, 5.41) is 9.56. The molecule has 0 saturated heterocycles. The zero-order chi connectivity index (χ0) is 14.3. The van der Waals surface area contributed by atoms with E-state index in [-0.39, 0.29) is 6.04 Å². The van der Waals surface area contributed by atoms with Crippen molar-refractivity contribution in [2.45, 2.75) is 52.1 Å². The Hall–Kier alpha value is -1.35. The van der Waals surface area contributed by atoms with Crippen molar-refractivity contribution in [1.29, 1.82) is 0 Å². The van der Waals surface area contributed by atoms with Crippen LogP contribution in [0.25, 0.3) is 0 Å². The Kier molecular flexibility index (Phi) is 6.57. The first-order chi connectivity index (χ1) is 9.07. The molecule has 1 aromatic rings. The van der Waals surface area contributed by atoms with Crippen LogP contribution in [0.1, 0.15) is 51.6 Å². The van der Waals surface area contributed by atoms with Crippen molar-refractivity contribution in [3.05, 3.63) is 35.9 Å². The average Bonchev–Trinajstić information content (AvgIpc) is 2.38. The Morgan fingerprint density at radius 2 is 1.84 bits per heavy atom. The molecule has 19 heavy (non-hydrogen) atoms. The maximum atomic E-state index is 11.6. The molecule has 0 spiro atoms. The molecule has 106 valence electrons. The summed E-state index contributed by atoms with van der Waals surface area (Å²) in [6.45, 7) is 7.11. The highest BCUT2D eigenvalue weighted by Crippen LogP contribution is 2.24. The van der Waals surface area contributed by atoms with Crippen LogP contribution in [0.4, 0.5) is 0 Å². The number of aliphatic carboxylic acids is 1. The SMILES string of the molecule is CCCCCN(C(C)C)C(C(=O)O)c1ccccc1. The van der Waals surface area contributed by atoms with Crippen LogP contribution < -0.4 is 0 Å². The van der Waals surface area contributed by atoms with Crippen LogP contribution in [0.5, 0.6) is 0 Å². The van der Waals surface area contributed by atoms with Crippen LogP contribution in [-0.4, -0.2) is 28.6 Å². The predicted octanol–water partition coefficient (Wildman–Crippen LogP) is 3.71. The zero-order valence-electron chi connectivity index (χ0n) is 12.2. The minimum atomic E-state index is -0.767. The molecule has 3 heteroatoms. The van der Waals surface area contributed by atoms with Gasteiger partial charge in [-0.2, -0.15) is 0 Å². The molecule has 0 amide bonds. The van der Waals surface area contributed by atoms with E-state index >= 15 is 0 Å². The van der Waals surface area contributed by atoms with E-state index in [0.29, 0.717) is 0 Å². The molecule has 0 aromatic heterocycles. The zero-order valence-corrected chi connectivity index (χ0v) is 12.2. The molecule has 1 unspecified atom stereocenters. The number of nitrogens with zero attached hydrogens (tertiary/aromatic N) is 1. The number of rotatable bonds is 8. The van der Waals surface area contributed by atoms with Gasteiger partial charge in [-0.15, -0.1) is 0 Å². The van der Waals surface area contributed by atoms with E-state index in [0.717, 1.165) is 31.4 Å². The van der Waals surface area contributed by atoms with Crippen LogP contribution in [0.2, 0.25) is 0 Å². The minimum Gasteiger partial charge on any atom is -0.480 e. The highest BCUT2D eigenvalue weighted by atomic mass is 16.4. The Balaban J connectivity index is 2.90. The van der Waals surface area contributed by atoms with Gasteiger partial charge in [0, 0.05) is 6.04 Å². The fourth-order valence-corrected chi connectivity index (χ4v) is 2.34. The summed E-state index contributed by atoms with van der Waals surface area (Å²) < 4.78 is 0. The monoisotopic (exact) mass is 263 g/mol. The van der Waals surface area contributed by atoms with E-state index in [1.807, 2.05) is 30.3 Å². The highest BCUT2D eigenvalue weighted by Gasteiger charge is 2.28. The largest absolute Gasteiger partial charge is 0.480 e. The van der Waals surface area contributed by atoms with Crippen molar-refractivity contribution in [3.63, 3.8) is 0 Å². The van der Waals surface area contributed by atoms with Crippen LogP contribution >= 0.6 is 0 Å². The van der Waals surface area contributed by atoms with E-state index in [2.05, 4.69) is 25.7 Å². The van der Waals surface area contributed by atoms with Gasteiger partial charge in [-0.3, -0.25) is 9.69 Å². The lowest BCUT2D eigenvalue weighted by atomic mass is 10.0. The van der Waals surface area contributed by atoms with Crippen LogP contribution in [0.3, 0.4) is 0 Å². The van der Waals surface area contributed by atoms with Crippen molar-refractivity contribution < 1.29 is 9.90 Å². The lowest BCUT2D eigenvalue weighted by Crippen LogP contribution is -2.39. The summed E-state index contributed by atoms with van der Waals surface area (Å²) in [4.78, 5) is 13.7. The molecule has 0 heterocycles. The molecule has 1 N–H and O–H groups in total. The van der Waals surface area contributed by atoms with Gasteiger partial charge in [-0.1, -0.05) is 50.1 Å². The number of carboxylic acids is 1. The van der Waals surface area contributed by atoms with E-state index in [4.69, 9.17) is 0 Å². The molecule has 0 bridgehead atoms. The van der Waals surface area contributed by atoms with Gasteiger partial charge in [0.05, 0.1) is 0 Å². The van der Waals surface area contributed by atoms with Gasteiger partial charge in [0.2, 0.25) is 0 Å². The van der Waals surface area contributed by atoms with E-state index in [1.165, 1.54) is 0 Å². The maximum Gasteiger partial charge on any atom is 0.325 e. The van der Waals surface area contributed by atoms with Crippen LogP contribution in [0, 0.1) is 0 Å². The van der Waals surface area contributed by atoms with Gasteiger partial charge in [-0.25, -0.2) is 0 Å². The summed E-state index contributed by atoms with van der Waals surface area (Å²) in [5.74, 6) is -0.767. The molecule has 1 rings (SSSR count). The molecule has 3 nitrogen and oxygen atoms in total. The summed E-state index contributed by atoms with van der Waals surface area (Å²) in [6.07, 6.45) is 3.34. The summed E-state index contributed by atoms with van der Waals surface area (Å²) in [6, 6.07) is 9.18. The third kappa shape index (κ3) is 4.67. The summed E-state index contributed by atoms with van der Waals surface area (Å²) >= 11 is 0. The highest BCUT2D eigenvalue weighted by molar-refractivity contribution is 5.75. The number of hydrogen-bond acceptors (Lipinski definition) is 2. The van der Waals surface area contributed by atoms with E-state index in [1.54, 1.807) is 0 Å². The standard InChI is InChI=1S/C16H25NO2/c1-4-5-9-12-17(13(2)3)15(16(18)19)14-10-7-6-8-11-14/h6-8,10-11,13,15H,4-5,9,12H2,1-3H3,(H,18,19). The smallest absolute Gasteiger partial charge is 0.325 e. The number of unbranched alkanes of at least 4 members (excludes halogenated alkanes) is 2. The van der Waals surface area contributed by atoms with Crippen LogP contribution in [-0.2, 0) is 4.79 Å². The fraction of sp³-hybridized carbons (Fsp3) is 0.562. The molecule has 0 saturated carbocycles. The predicted molar refractivity (Wildman–Crippen MR) is 78.2 cm³/mol. The number of hydrogen-bond donors (Lipinski definition) is 1. The van der Waals surface area contributed by atoms with Gasteiger partial charge in [0.1, 0.15) is 6.04 Å². The third-order valence-corrected chi connectivity index (χ3v) is 3.36. The van der Waals surface area contributed by atoms with Gasteiger partial charge in [0.25, 0.3) is 0 Å². The fourth-order valence-electron chi connectivity index (χ4n) is 2.34. The van der Waals surface area contributed by atoms with Gasteiger partial charge >= 0.3 is 5.97 Å². The molecule has 1 aromatic carbocycles. The molecule has 0 aliphatic carbocycles. The normalized spacial score (nSPS) is 12.9. The Morgan fingerprint density at radius 1 is 1.21 bits per heavy atom. The molecular weight excluding hydrogens is 238 g/mol. The van der Waals surface area contributed by atoms with Gasteiger partial charge < -0.3 is 5.11 Å². The maximum absolute atomic E-state index is 11.6.